The van der Waals surface area contributed by atoms with Crippen LogP contribution in [0.1, 0.15) is 75.7 Å². The summed E-state index contributed by atoms with van der Waals surface area (Å²) in [6, 6.07) is 7.96. The number of ether oxygens (including phenoxy) is 2. The zero-order chi connectivity index (χ0) is 30.3. The first kappa shape index (κ1) is 30.3. The molecule has 1 aromatic carbocycles. The predicted octanol–water partition coefficient (Wildman–Crippen LogP) is 5.78. The molecule has 0 unspecified atom stereocenters. The van der Waals surface area contributed by atoms with E-state index in [0.717, 1.165) is 12.0 Å². The van der Waals surface area contributed by atoms with Gasteiger partial charge >= 0.3 is 6.18 Å². The van der Waals surface area contributed by atoms with Gasteiger partial charge in [-0.2, -0.15) is 17.9 Å². The van der Waals surface area contributed by atoms with E-state index >= 15 is 0 Å². The second-order valence-corrected chi connectivity index (χ2v) is 12.2. The molecular formula is C29H35F5N6O2. The maximum atomic E-state index is 13.9. The van der Waals surface area contributed by atoms with E-state index in [2.05, 4.69) is 25.8 Å². The van der Waals surface area contributed by atoms with Crippen LogP contribution in [0.25, 0.3) is 5.69 Å². The second-order valence-electron chi connectivity index (χ2n) is 12.2. The first-order chi connectivity index (χ1) is 19.8. The molecule has 1 N–H and O–H groups in total. The number of aromatic nitrogens is 5. The van der Waals surface area contributed by atoms with E-state index in [1.807, 2.05) is 13.8 Å². The Balaban J connectivity index is 1.50. The molecule has 1 saturated heterocycles. The van der Waals surface area contributed by atoms with Gasteiger partial charge in [-0.3, -0.25) is 0 Å². The van der Waals surface area contributed by atoms with Gasteiger partial charge in [-0.25, -0.2) is 13.8 Å². The molecule has 0 amide bonds. The maximum Gasteiger partial charge on any atom is 0.453 e. The van der Waals surface area contributed by atoms with Crippen molar-refractivity contribution in [2.75, 3.05) is 19.8 Å². The lowest BCUT2D eigenvalue weighted by atomic mass is 9.76. The van der Waals surface area contributed by atoms with Crippen molar-refractivity contribution < 1.29 is 31.4 Å². The predicted molar refractivity (Wildman–Crippen MR) is 144 cm³/mol. The summed E-state index contributed by atoms with van der Waals surface area (Å²) in [6.45, 7) is 7.60. The quantitative estimate of drug-likeness (QED) is 0.315. The van der Waals surface area contributed by atoms with Crippen molar-refractivity contribution in [3.63, 3.8) is 0 Å². The van der Waals surface area contributed by atoms with Gasteiger partial charge in [0.15, 0.2) is 0 Å². The van der Waals surface area contributed by atoms with Gasteiger partial charge in [0.2, 0.25) is 5.88 Å². The second kappa shape index (κ2) is 11.5. The van der Waals surface area contributed by atoms with Gasteiger partial charge in [-0.1, -0.05) is 12.1 Å². The van der Waals surface area contributed by atoms with E-state index in [9.17, 15) is 22.0 Å². The Morgan fingerprint density at radius 1 is 1.19 bits per heavy atom. The lowest BCUT2D eigenvalue weighted by molar-refractivity contribution is -0.146. The van der Waals surface area contributed by atoms with Crippen LogP contribution in [0.3, 0.4) is 0 Å². The topological polar surface area (TPSA) is 87.0 Å². The van der Waals surface area contributed by atoms with Gasteiger partial charge in [-0.15, -0.1) is 5.10 Å². The molecule has 4 atom stereocenters. The molecule has 3 heterocycles. The fourth-order valence-corrected chi connectivity index (χ4v) is 6.22. The number of rotatable bonds is 9. The van der Waals surface area contributed by atoms with Crippen molar-refractivity contribution in [3.05, 3.63) is 59.3 Å². The number of nitrogens with one attached hydrogen (secondary N) is 1. The molecular weight excluding hydrogens is 559 g/mol. The first-order valence-electron chi connectivity index (χ1n) is 14.0. The third-order valence-corrected chi connectivity index (χ3v) is 8.17. The minimum Gasteiger partial charge on any atom is -0.475 e. The number of alkyl halides is 4. The number of pyridine rings is 1. The molecule has 2 aliphatic rings. The Kier molecular flexibility index (Phi) is 8.27. The molecule has 13 heteroatoms. The Hall–Kier alpha value is -3.19. The minimum atomic E-state index is -4.76. The van der Waals surface area contributed by atoms with Crippen LogP contribution in [-0.4, -0.2) is 62.3 Å². The summed E-state index contributed by atoms with van der Waals surface area (Å²) in [7, 11) is 0. The zero-order valence-electron chi connectivity index (χ0n) is 24.0. The van der Waals surface area contributed by atoms with Gasteiger partial charge in [0.05, 0.1) is 30.2 Å². The standard InChI is InChI=1S/C29H35F5N6O2/c1-17(2)42-25-23(11-22(14-35-25)40-26(29(32,33)34)37-38-39-40)20-12-28(41-15-20)10-9-19(13-36-27(3,4)16-30)24(28)18-5-7-21(31)8-6-18/h5-8,11,14,17,19-20,24,36H,9-10,12-13,15-16H2,1-4H3/t19-,20-,24-,28-/m1/s1. The summed E-state index contributed by atoms with van der Waals surface area (Å²) in [5.74, 6) is -1.58. The van der Waals surface area contributed by atoms with Gasteiger partial charge < -0.3 is 14.8 Å². The number of nitrogens with zero attached hydrogens (tertiary/aromatic N) is 5. The molecule has 5 rings (SSSR count). The van der Waals surface area contributed by atoms with Crippen LogP contribution in [0.4, 0.5) is 22.0 Å². The zero-order valence-corrected chi connectivity index (χ0v) is 24.0. The van der Waals surface area contributed by atoms with E-state index < -0.39 is 29.8 Å². The van der Waals surface area contributed by atoms with Crippen LogP contribution >= 0.6 is 0 Å². The van der Waals surface area contributed by atoms with Crippen LogP contribution in [0.5, 0.6) is 5.88 Å². The smallest absolute Gasteiger partial charge is 0.453 e. The average molecular weight is 595 g/mol. The molecule has 0 bridgehead atoms. The summed E-state index contributed by atoms with van der Waals surface area (Å²) < 4.78 is 81.4. The van der Waals surface area contributed by atoms with Gasteiger partial charge in [0, 0.05) is 22.9 Å². The first-order valence-corrected chi connectivity index (χ1v) is 14.0. The summed E-state index contributed by atoms with van der Waals surface area (Å²) in [6.07, 6.45) is -1.68. The fourth-order valence-electron chi connectivity index (χ4n) is 6.22. The van der Waals surface area contributed by atoms with Crippen molar-refractivity contribution in [2.45, 2.75) is 82.2 Å². The highest BCUT2D eigenvalue weighted by Crippen LogP contribution is 2.57. The average Bonchev–Trinajstić information content (AvgIpc) is 3.67. The van der Waals surface area contributed by atoms with Crippen LogP contribution in [-0.2, 0) is 10.9 Å². The molecule has 1 aliphatic heterocycles. The van der Waals surface area contributed by atoms with Crippen LogP contribution in [0.15, 0.2) is 36.5 Å². The summed E-state index contributed by atoms with van der Waals surface area (Å²) >= 11 is 0. The summed E-state index contributed by atoms with van der Waals surface area (Å²) in [5.41, 5.74) is 0.263. The SMILES string of the molecule is CC(C)Oc1ncc(-n2nnnc2C(F)(F)F)cc1[C@H]1CO[C@]2(CC[C@H](CNC(C)(C)CF)[C@H]2c2ccc(F)cc2)C1. The minimum absolute atomic E-state index is 0.0522. The Morgan fingerprint density at radius 3 is 2.60 bits per heavy atom. The molecule has 1 aliphatic carbocycles. The van der Waals surface area contributed by atoms with E-state index in [1.165, 1.54) is 18.3 Å². The molecule has 1 saturated carbocycles. The Bertz CT molecular complexity index is 1380. The maximum absolute atomic E-state index is 13.9. The van der Waals surface area contributed by atoms with E-state index in [0.29, 0.717) is 35.5 Å². The summed E-state index contributed by atoms with van der Waals surface area (Å²) in [4.78, 5) is 4.38. The fraction of sp³-hybridized carbons (Fsp3) is 0.586. The van der Waals surface area contributed by atoms with Crippen molar-refractivity contribution in [2.24, 2.45) is 5.92 Å². The molecule has 0 radical (unpaired) electrons. The number of hydrogen-bond donors (Lipinski definition) is 1. The van der Waals surface area contributed by atoms with E-state index in [1.54, 1.807) is 32.0 Å². The molecule has 228 valence electrons. The highest BCUT2D eigenvalue weighted by Gasteiger charge is 2.54. The van der Waals surface area contributed by atoms with Crippen molar-refractivity contribution in [1.29, 1.82) is 0 Å². The van der Waals surface area contributed by atoms with E-state index in [4.69, 9.17) is 9.47 Å². The van der Waals surface area contributed by atoms with Gasteiger partial charge in [0.25, 0.3) is 5.82 Å². The number of hydrogen-bond acceptors (Lipinski definition) is 7. The lowest BCUT2D eigenvalue weighted by Crippen LogP contribution is -2.45. The van der Waals surface area contributed by atoms with Crippen molar-refractivity contribution in [1.82, 2.24) is 30.5 Å². The number of benzene rings is 1. The highest BCUT2D eigenvalue weighted by atomic mass is 19.4. The van der Waals surface area contributed by atoms with Crippen LogP contribution in [0, 0.1) is 11.7 Å². The Labute approximate surface area is 241 Å². The van der Waals surface area contributed by atoms with Crippen molar-refractivity contribution >= 4 is 0 Å². The molecule has 2 aromatic heterocycles. The largest absolute Gasteiger partial charge is 0.475 e. The van der Waals surface area contributed by atoms with Crippen molar-refractivity contribution in [3.8, 4) is 11.6 Å². The molecule has 3 aromatic rings. The monoisotopic (exact) mass is 594 g/mol. The third kappa shape index (κ3) is 6.12. The molecule has 42 heavy (non-hydrogen) atoms. The highest BCUT2D eigenvalue weighted by molar-refractivity contribution is 5.42. The number of halogens is 5. The van der Waals surface area contributed by atoms with Gasteiger partial charge in [-0.05, 0) is 93.6 Å². The molecule has 2 fully saturated rings. The third-order valence-electron chi connectivity index (χ3n) is 8.17. The van der Waals surface area contributed by atoms with Crippen LogP contribution in [0.2, 0.25) is 0 Å². The van der Waals surface area contributed by atoms with Gasteiger partial charge in [0.1, 0.15) is 12.5 Å². The molecule has 8 nitrogen and oxygen atoms in total. The normalized spacial score (nSPS) is 24.7. The summed E-state index contributed by atoms with van der Waals surface area (Å²) in [5, 5.41) is 13.3. The number of tetrazole rings is 1. The molecule has 1 spiro atoms. The lowest BCUT2D eigenvalue weighted by Gasteiger charge is -2.35. The van der Waals surface area contributed by atoms with E-state index in [-0.39, 0.29) is 42.0 Å². The Morgan fingerprint density at radius 2 is 1.93 bits per heavy atom. The van der Waals surface area contributed by atoms with Crippen LogP contribution < -0.4 is 10.1 Å².